The summed E-state index contributed by atoms with van der Waals surface area (Å²) < 4.78 is 11.0. The lowest BCUT2D eigenvalue weighted by Gasteiger charge is -2.42. The molecule has 0 aromatic rings. The molecule has 1 N–H and O–H groups in total. The van der Waals surface area contributed by atoms with E-state index in [0.717, 1.165) is 13.1 Å². The topological polar surface area (TPSA) is 50.8 Å². The van der Waals surface area contributed by atoms with Gasteiger partial charge in [-0.1, -0.05) is 0 Å². The molecular formula is C11H22N2O3. The molecule has 1 aliphatic rings. The van der Waals surface area contributed by atoms with E-state index in [0.29, 0.717) is 13.2 Å². The Labute approximate surface area is 97.1 Å². The smallest absolute Gasteiger partial charge is 0.233 e. The number of nitrogens with one attached hydrogen (secondary N) is 1. The second kappa shape index (κ2) is 5.61. The number of carbonyl (C=O) groups is 1. The first-order valence-corrected chi connectivity index (χ1v) is 5.56. The molecule has 0 unspecified atom stereocenters. The van der Waals surface area contributed by atoms with Crippen molar-refractivity contribution in [2.45, 2.75) is 25.6 Å². The molecule has 1 saturated heterocycles. The fraction of sp³-hybridized carbons (Fsp3) is 0.909. The lowest BCUT2D eigenvalue weighted by Crippen LogP contribution is -2.55. The number of methoxy groups -OCH3 is 1. The summed E-state index contributed by atoms with van der Waals surface area (Å²) in [6, 6.07) is 0. The van der Waals surface area contributed by atoms with Gasteiger partial charge in [-0.3, -0.25) is 9.69 Å². The molecule has 0 aliphatic carbocycles. The Kier molecular flexibility index (Phi) is 4.70. The highest BCUT2D eigenvalue weighted by Gasteiger charge is 2.33. The van der Waals surface area contributed by atoms with Gasteiger partial charge in [0.15, 0.2) is 0 Å². The largest absolute Gasteiger partial charge is 0.382 e. The first kappa shape index (κ1) is 13.4. The highest BCUT2D eigenvalue weighted by molar-refractivity contribution is 5.77. The predicted octanol–water partition coefficient (Wildman–Crippen LogP) is -0.142. The first-order valence-electron chi connectivity index (χ1n) is 5.56. The molecule has 94 valence electrons. The highest BCUT2D eigenvalue weighted by atomic mass is 16.5. The Morgan fingerprint density at radius 2 is 2.31 bits per heavy atom. The molecule has 1 atom stereocenters. The van der Waals surface area contributed by atoms with Crippen LogP contribution in [0, 0.1) is 0 Å². The summed E-state index contributed by atoms with van der Waals surface area (Å²) in [6.45, 7) is 6.56. The first-order chi connectivity index (χ1) is 7.46. The van der Waals surface area contributed by atoms with Crippen molar-refractivity contribution >= 4 is 5.91 Å². The fourth-order valence-electron chi connectivity index (χ4n) is 2.09. The number of carbonyl (C=O) groups excluding carboxylic acids is 1. The standard InChI is InChI=1S/C11H22N2O3/c1-11(2)8-13(6-10(14)12-3)5-9(16-11)7-15-4/h9H,5-8H2,1-4H3,(H,12,14)/t9-/m1/s1. The Hall–Kier alpha value is -0.650. The Morgan fingerprint density at radius 3 is 2.88 bits per heavy atom. The van der Waals surface area contributed by atoms with Crippen LogP contribution in [-0.2, 0) is 14.3 Å². The van der Waals surface area contributed by atoms with Crippen molar-refractivity contribution in [2.75, 3.05) is 40.4 Å². The van der Waals surface area contributed by atoms with E-state index in [9.17, 15) is 4.79 Å². The van der Waals surface area contributed by atoms with E-state index < -0.39 is 0 Å². The van der Waals surface area contributed by atoms with Crippen molar-refractivity contribution < 1.29 is 14.3 Å². The van der Waals surface area contributed by atoms with E-state index in [4.69, 9.17) is 9.47 Å². The second-order valence-electron chi connectivity index (χ2n) is 4.80. The summed E-state index contributed by atoms with van der Waals surface area (Å²) >= 11 is 0. The third-order valence-electron chi connectivity index (χ3n) is 2.55. The van der Waals surface area contributed by atoms with Crippen LogP contribution in [0.25, 0.3) is 0 Å². The van der Waals surface area contributed by atoms with E-state index in [-0.39, 0.29) is 17.6 Å². The quantitative estimate of drug-likeness (QED) is 0.730. The van der Waals surface area contributed by atoms with Crippen molar-refractivity contribution in [1.29, 1.82) is 0 Å². The van der Waals surface area contributed by atoms with Crippen molar-refractivity contribution in [3.63, 3.8) is 0 Å². The van der Waals surface area contributed by atoms with Crippen LogP contribution in [0.2, 0.25) is 0 Å². The zero-order chi connectivity index (χ0) is 12.2. The molecule has 1 rings (SSSR count). The van der Waals surface area contributed by atoms with Gasteiger partial charge >= 0.3 is 0 Å². The third kappa shape index (κ3) is 4.08. The zero-order valence-electron chi connectivity index (χ0n) is 10.6. The minimum atomic E-state index is -0.227. The van der Waals surface area contributed by atoms with Crippen LogP contribution in [0.15, 0.2) is 0 Å². The van der Waals surface area contributed by atoms with Gasteiger partial charge in [0.25, 0.3) is 0 Å². The molecule has 0 radical (unpaired) electrons. The molecular weight excluding hydrogens is 208 g/mol. The van der Waals surface area contributed by atoms with Crippen LogP contribution in [0.4, 0.5) is 0 Å². The van der Waals surface area contributed by atoms with Crippen LogP contribution in [0.1, 0.15) is 13.8 Å². The van der Waals surface area contributed by atoms with Gasteiger partial charge in [-0.25, -0.2) is 0 Å². The van der Waals surface area contributed by atoms with Gasteiger partial charge < -0.3 is 14.8 Å². The van der Waals surface area contributed by atoms with Crippen LogP contribution < -0.4 is 5.32 Å². The Morgan fingerprint density at radius 1 is 1.62 bits per heavy atom. The number of hydrogen-bond acceptors (Lipinski definition) is 4. The molecule has 0 spiro atoms. The van der Waals surface area contributed by atoms with Crippen molar-refractivity contribution in [3.8, 4) is 0 Å². The van der Waals surface area contributed by atoms with Gasteiger partial charge in [-0.15, -0.1) is 0 Å². The monoisotopic (exact) mass is 230 g/mol. The number of amides is 1. The molecule has 1 fully saturated rings. The van der Waals surface area contributed by atoms with Gasteiger partial charge in [-0.05, 0) is 13.8 Å². The molecule has 0 bridgehead atoms. The number of nitrogens with zero attached hydrogens (tertiary/aromatic N) is 1. The molecule has 16 heavy (non-hydrogen) atoms. The van der Waals surface area contributed by atoms with Gasteiger partial charge in [0.1, 0.15) is 0 Å². The molecule has 1 heterocycles. The van der Waals surface area contributed by atoms with Crippen molar-refractivity contribution in [2.24, 2.45) is 0 Å². The van der Waals surface area contributed by atoms with E-state index in [2.05, 4.69) is 10.2 Å². The molecule has 0 saturated carbocycles. The van der Waals surface area contributed by atoms with E-state index in [1.807, 2.05) is 13.8 Å². The molecule has 1 aliphatic heterocycles. The lowest BCUT2D eigenvalue weighted by molar-refractivity contribution is -0.155. The van der Waals surface area contributed by atoms with E-state index >= 15 is 0 Å². The van der Waals surface area contributed by atoms with Gasteiger partial charge in [-0.2, -0.15) is 0 Å². The van der Waals surface area contributed by atoms with Crippen LogP contribution in [0.5, 0.6) is 0 Å². The van der Waals surface area contributed by atoms with Crippen molar-refractivity contribution in [3.05, 3.63) is 0 Å². The Balaban J connectivity index is 2.54. The third-order valence-corrected chi connectivity index (χ3v) is 2.55. The predicted molar refractivity (Wildman–Crippen MR) is 61.3 cm³/mol. The van der Waals surface area contributed by atoms with Crippen LogP contribution in [-0.4, -0.2) is 62.9 Å². The Bertz CT molecular complexity index is 243. The van der Waals surface area contributed by atoms with Crippen LogP contribution >= 0.6 is 0 Å². The maximum atomic E-state index is 11.3. The number of ether oxygens (including phenoxy) is 2. The number of morpholine rings is 1. The average molecular weight is 230 g/mol. The normalized spacial score (nSPS) is 25.4. The van der Waals surface area contributed by atoms with E-state index in [1.54, 1.807) is 14.2 Å². The summed E-state index contributed by atoms with van der Waals surface area (Å²) in [5.74, 6) is 0.0360. The molecule has 5 nitrogen and oxygen atoms in total. The minimum Gasteiger partial charge on any atom is -0.382 e. The number of hydrogen-bond donors (Lipinski definition) is 1. The zero-order valence-corrected chi connectivity index (χ0v) is 10.6. The maximum Gasteiger partial charge on any atom is 0.233 e. The fourth-order valence-corrected chi connectivity index (χ4v) is 2.09. The van der Waals surface area contributed by atoms with Crippen molar-refractivity contribution in [1.82, 2.24) is 10.2 Å². The highest BCUT2D eigenvalue weighted by Crippen LogP contribution is 2.20. The molecule has 5 heteroatoms. The molecule has 1 amide bonds. The second-order valence-corrected chi connectivity index (χ2v) is 4.80. The van der Waals surface area contributed by atoms with Gasteiger partial charge in [0, 0.05) is 27.2 Å². The van der Waals surface area contributed by atoms with Crippen LogP contribution in [0.3, 0.4) is 0 Å². The van der Waals surface area contributed by atoms with Gasteiger partial charge in [0.05, 0.1) is 24.9 Å². The SMILES string of the molecule is CNC(=O)CN1C[C@H](COC)OC(C)(C)C1. The van der Waals surface area contributed by atoms with E-state index in [1.165, 1.54) is 0 Å². The number of likely N-dealkylation sites (N-methyl/N-ethyl adjacent to an activating group) is 1. The molecule has 0 aromatic heterocycles. The summed E-state index contributed by atoms with van der Waals surface area (Å²) in [5.41, 5.74) is -0.227. The summed E-state index contributed by atoms with van der Waals surface area (Å²) in [5, 5.41) is 2.63. The molecule has 0 aromatic carbocycles. The lowest BCUT2D eigenvalue weighted by atomic mass is 10.1. The minimum absolute atomic E-state index is 0.0360. The summed E-state index contributed by atoms with van der Waals surface area (Å²) in [4.78, 5) is 13.4. The summed E-state index contributed by atoms with van der Waals surface area (Å²) in [7, 11) is 3.31. The number of rotatable bonds is 4. The maximum absolute atomic E-state index is 11.3. The average Bonchev–Trinajstić information content (AvgIpc) is 2.15. The summed E-state index contributed by atoms with van der Waals surface area (Å²) in [6.07, 6.45) is 0.0402. The van der Waals surface area contributed by atoms with Gasteiger partial charge in [0.2, 0.25) is 5.91 Å².